The molecule has 7 N–H and O–H groups in total. The summed E-state index contributed by atoms with van der Waals surface area (Å²) < 4.78 is 32.5. The fourth-order valence-electron chi connectivity index (χ4n) is 4.82. The average molecular weight is 677 g/mol. The summed E-state index contributed by atoms with van der Waals surface area (Å²) in [6.07, 6.45) is -9.35. The lowest BCUT2D eigenvalue weighted by molar-refractivity contribution is -0.383. The number of esters is 3. The van der Waals surface area contributed by atoms with Crippen molar-refractivity contribution in [1.29, 1.82) is 0 Å². The van der Waals surface area contributed by atoms with E-state index in [4.69, 9.17) is 28.4 Å². The number of phenols is 2. The molecule has 16 nitrogen and oxygen atoms in total. The van der Waals surface area contributed by atoms with E-state index in [9.17, 15) is 50.1 Å². The molecule has 48 heavy (non-hydrogen) atoms. The SMILES string of the molecule is CC(=O)OC[C@H]1O[C@H](O[C@]2(CO)O[C@H](COC(=O)/C=C/c3ccc(O)cc3)[C@@H](O)[C@@H]2OC(=O)/C=C/c2ccc(O)cc2)[C@H](O)[C@@H](O)[C@@H]1O. The van der Waals surface area contributed by atoms with Gasteiger partial charge in [0.05, 0.1) is 0 Å². The Morgan fingerprint density at radius 2 is 1.29 bits per heavy atom. The van der Waals surface area contributed by atoms with Gasteiger partial charge in [0, 0.05) is 19.1 Å². The zero-order valence-corrected chi connectivity index (χ0v) is 25.5. The highest BCUT2D eigenvalue weighted by Crippen LogP contribution is 2.38. The highest BCUT2D eigenvalue weighted by atomic mass is 16.8. The molecule has 2 heterocycles. The van der Waals surface area contributed by atoms with Crippen molar-refractivity contribution in [3.05, 3.63) is 71.8 Å². The Morgan fingerprint density at radius 1 is 0.750 bits per heavy atom. The number of carbonyl (C=O) groups excluding carboxylic acids is 3. The molecule has 2 aliphatic rings. The van der Waals surface area contributed by atoms with Crippen molar-refractivity contribution in [3.8, 4) is 11.5 Å². The van der Waals surface area contributed by atoms with Crippen molar-refractivity contribution in [2.75, 3.05) is 19.8 Å². The van der Waals surface area contributed by atoms with Gasteiger partial charge in [0.1, 0.15) is 67.9 Å². The molecule has 2 aliphatic heterocycles. The molecule has 0 radical (unpaired) electrons. The van der Waals surface area contributed by atoms with Crippen LogP contribution < -0.4 is 0 Å². The van der Waals surface area contributed by atoms with Crippen LogP contribution in [0.15, 0.2) is 60.7 Å². The fourth-order valence-corrected chi connectivity index (χ4v) is 4.82. The Kier molecular flexibility index (Phi) is 12.3. The quantitative estimate of drug-likeness (QED) is 0.0819. The number of rotatable bonds is 12. The van der Waals surface area contributed by atoms with E-state index in [0.29, 0.717) is 11.1 Å². The van der Waals surface area contributed by atoms with Crippen LogP contribution in [-0.2, 0) is 42.8 Å². The van der Waals surface area contributed by atoms with Gasteiger partial charge in [0.25, 0.3) is 0 Å². The first-order chi connectivity index (χ1) is 22.8. The van der Waals surface area contributed by atoms with Gasteiger partial charge < -0.3 is 64.2 Å². The molecule has 2 aromatic rings. The first-order valence-corrected chi connectivity index (χ1v) is 14.6. The lowest BCUT2D eigenvalue weighted by Gasteiger charge is -2.43. The van der Waals surface area contributed by atoms with E-state index in [1.165, 1.54) is 48.6 Å². The lowest BCUT2D eigenvalue weighted by atomic mass is 9.99. The molecule has 0 aromatic heterocycles. The van der Waals surface area contributed by atoms with E-state index >= 15 is 0 Å². The maximum absolute atomic E-state index is 12.9. The van der Waals surface area contributed by atoms with E-state index < -0.39 is 92.5 Å². The Labute approximate surface area is 273 Å². The van der Waals surface area contributed by atoms with Crippen LogP contribution in [0.25, 0.3) is 12.2 Å². The predicted octanol–water partition coefficient (Wildman–Crippen LogP) is -0.885. The van der Waals surface area contributed by atoms with Gasteiger partial charge in [-0.25, -0.2) is 9.59 Å². The number of ether oxygens (including phenoxy) is 6. The molecule has 0 amide bonds. The van der Waals surface area contributed by atoms with Gasteiger partial charge in [-0.15, -0.1) is 0 Å². The predicted molar refractivity (Wildman–Crippen MR) is 160 cm³/mol. The minimum atomic E-state index is -2.50. The molecule has 260 valence electrons. The van der Waals surface area contributed by atoms with E-state index in [0.717, 1.165) is 19.1 Å². The van der Waals surface area contributed by atoms with Gasteiger partial charge in [-0.2, -0.15) is 0 Å². The highest BCUT2D eigenvalue weighted by molar-refractivity contribution is 5.87. The summed E-state index contributed by atoms with van der Waals surface area (Å²) in [5.74, 6) is -5.14. The number of hydrogen-bond acceptors (Lipinski definition) is 16. The summed E-state index contributed by atoms with van der Waals surface area (Å²) in [5.41, 5.74) is 1.06. The van der Waals surface area contributed by atoms with Gasteiger partial charge in [-0.3, -0.25) is 4.79 Å². The Morgan fingerprint density at radius 3 is 1.83 bits per heavy atom. The summed E-state index contributed by atoms with van der Waals surface area (Å²) in [7, 11) is 0. The smallest absolute Gasteiger partial charge is 0.331 e. The number of aliphatic hydroxyl groups excluding tert-OH is 5. The molecule has 0 unspecified atom stereocenters. The Bertz CT molecular complexity index is 1460. The van der Waals surface area contributed by atoms with Crippen molar-refractivity contribution in [1.82, 2.24) is 0 Å². The summed E-state index contributed by atoms with van der Waals surface area (Å²) in [6.45, 7) is -1.26. The second-order valence-electron chi connectivity index (χ2n) is 10.9. The number of carbonyl (C=O) groups is 3. The summed E-state index contributed by atoms with van der Waals surface area (Å²) in [4.78, 5) is 36.6. The molecule has 0 spiro atoms. The first-order valence-electron chi connectivity index (χ1n) is 14.6. The van der Waals surface area contributed by atoms with Gasteiger partial charge >= 0.3 is 17.9 Å². The summed E-state index contributed by atoms with van der Waals surface area (Å²) >= 11 is 0. The maximum atomic E-state index is 12.9. The molecular weight excluding hydrogens is 640 g/mol. The van der Waals surface area contributed by atoms with Gasteiger partial charge in [0.2, 0.25) is 5.79 Å². The zero-order chi connectivity index (χ0) is 35.0. The average Bonchev–Trinajstić information content (AvgIpc) is 3.32. The molecule has 2 fully saturated rings. The van der Waals surface area contributed by atoms with Crippen LogP contribution in [-0.4, -0.2) is 128 Å². The summed E-state index contributed by atoms with van der Waals surface area (Å²) in [5, 5.41) is 72.0. The molecule has 4 rings (SSSR count). The van der Waals surface area contributed by atoms with Crippen molar-refractivity contribution in [2.45, 2.75) is 61.7 Å². The number of aromatic hydroxyl groups is 2. The van der Waals surface area contributed by atoms with E-state index in [1.807, 2.05) is 0 Å². The topological polar surface area (TPSA) is 248 Å². The molecule has 2 aromatic carbocycles. The first kappa shape index (κ1) is 36.4. The second kappa shape index (κ2) is 16.1. The molecule has 2 saturated heterocycles. The summed E-state index contributed by atoms with van der Waals surface area (Å²) in [6, 6.07) is 11.7. The van der Waals surface area contributed by atoms with Crippen LogP contribution in [0.3, 0.4) is 0 Å². The minimum absolute atomic E-state index is 0.00623. The van der Waals surface area contributed by atoms with E-state index in [1.54, 1.807) is 12.1 Å². The molecule has 16 heteroatoms. The number of hydrogen-bond donors (Lipinski definition) is 7. The van der Waals surface area contributed by atoms with Crippen LogP contribution in [0.5, 0.6) is 11.5 Å². The van der Waals surface area contributed by atoms with Crippen molar-refractivity contribution in [2.24, 2.45) is 0 Å². The van der Waals surface area contributed by atoms with Crippen LogP contribution in [0, 0.1) is 0 Å². The Hall–Kier alpha value is -4.39. The molecule has 0 saturated carbocycles. The van der Waals surface area contributed by atoms with Crippen LogP contribution in [0.2, 0.25) is 0 Å². The van der Waals surface area contributed by atoms with Crippen LogP contribution >= 0.6 is 0 Å². The van der Waals surface area contributed by atoms with Crippen molar-refractivity contribution < 1.29 is 78.6 Å². The normalized spacial score (nSPS) is 30.4. The van der Waals surface area contributed by atoms with E-state index in [-0.39, 0.29) is 11.5 Å². The zero-order valence-electron chi connectivity index (χ0n) is 25.5. The molecule has 9 atom stereocenters. The van der Waals surface area contributed by atoms with Crippen LogP contribution in [0.4, 0.5) is 0 Å². The van der Waals surface area contributed by atoms with Crippen LogP contribution in [0.1, 0.15) is 18.1 Å². The monoisotopic (exact) mass is 676 g/mol. The van der Waals surface area contributed by atoms with Crippen molar-refractivity contribution in [3.63, 3.8) is 0 Å². The minimum Gasteiger partial charge on any atom is -0.508 e. The Balaban J connectivity index is 1.54. The van der Waals surface area contributed by atoms with Crippen molar-refractivity contribution >= 4 is 30.1 Å². The lowest BCUT2D eigenvalue weighted by Crippen LogP contribution is -2.63. The fraction of sp³-hybridized carbons (Fsp3) is 0.406. The largest absolute Gasteiger partial charge is 0.508 e. The highest BCUT2D eigenvalue weighted by Gasteiger charge is 2.61. The number of benzene rings is 2. The number of aliphatic hydroxyl groups is 5. The standard InChI is InChI=1S/C32H36O16/c1-17(34)43-14-22-26(39)28(41)29(42)31(45-22)48-32(16-33)30(46-25(38)13-7-19-4-10-21(36)11-5-19)27(40)23(47-32)15-44-24(37)12-6-18-2-8-20(35)9-3-18/h2-13,22-23,26-31,33,35-36,39-42H,14-16H2,1H3/b12-6+,13-7+/t22-,23-,26-,27-,28+,29-,30+,31-,32+/m1/s1. The third kappa shape index (κ3) is 9.15. The maximum Gasteiger partial charge on any atom is 0.331 e. The van der Waals surface area contributed by atoms with Gasteiger partial charge in [0.15, 0.2) is 12.4 Å². The molecule has 0 aliphatic carbocycles. The van der Waals surface area contributed by atoms with E-state index in [2.05, 4.69) is 0 Å². The van der Waals surface area contributed by atoms with Gasteiger partial charge in [-0.1, -0.05) is 24.3 Å². The molecular formula is C32H36O16. The third-order valence-corrected chi connectivity index (χ3v) is 7.37. The second-order valence-corrected chi connectivity index (χ2v) is 10.9. The third-order valence-electron chi connectivity index (χ3n) is 7.37. The number of phenolic OH excluding ortho intramolecular Hbond substituents is 2. The molecule has 0 bridgehead atoms. The van der Waals surface area contributed by atoms with Gasteiger partial charge in [-0.05, 0) is 47.5 Å².